The van der Waals surface area contributed by atoms with Crippen molar-refractivity contribution in [3.8, 4) is 0 Å². The SMILES string of the molecule is CCCNC(Cc1cccc(Br)c1)c1ccc(C)c(F)c1. The van der Waals surface area contributed by atoms with Gasteiger partial charge in [-0.25, -0.2) is 4.39 Å². The smallest absolute Gasteiger partial charge is 0.126 e. The zero-order valence-corrected chi connectivity index (χ0v) is 14.1. The average molecular weight is 350 g/mol. The summed E-state index contributed by atoms with van der Waals surface area (Å²) in [6.07, 6.45) is 1.91. The van der Waals surface area contributed by atoms with E-state index in [0.29, 0.717) is 5.56 Å². The first-order chi connectivity index (χ1) is 10.1. The van der Waals surface area contributed by atoms with E-state index in [4.69, 9.17) is 0 Å². The first-order valence-corrected chi connectivity index (χ1v) is 8.13. The Morgan fingerprint density at radius 2 is 2.00 bits per heavy atom. The van der Waals surface area contributed by atoms with Gasteiger partial charge in [0.15, 0.2) is 0 Å². The highest BCUT2D eigenvalue weighted by atomic mass is 79.9. The van der Waals surface area contributed by atoms with E-state index in [1.54, 1.807) is 13.0 Å². The molecule has 0 aliphatic carbocycles. The maximum absolute atomic E-state index is 13.8. The van der Waals surface area contributed by atoms with Crippen LogP contribution in [0.2, 0.25) is 0 Å². The van der Waals surface area contributed by atoms with Crippen LogP contribution < -0.4 is 5.32 Å². The Hall–Kier alpha value is -1.19. The third kappa shape index (κ3) is 4.65. The fourth-order valence-corrected chi connectivity index (χ4v) is 2.80. The van der Waals surface area contributed by atoms with Crippen LogP contribution in [0.3, 0.4) is 0 Å². The highest BCUT2D eigenvalue weighted by Gasteiger charge is 2.13. The molecule has 0 aliphatic rings. The molecule has 0 saturated carbocycles. The number of hydrogen-bond acceptors (Lipinski definition) is 1. The van der Waals surface area contributed by atoms with Gasteiger partial charge in [-0.1, -0.05) is 47.1 Å². The zero-order valence-electron chi connectivity index (χ0n) is 12.5. The van der Waals surface area contributed by atoms with Gasteiger partial charge in [0.05, 0.1) is 0 Å². The van der Waals surface area contributed by atoms with E-state index in [-0.39, 0.29) is 11.9 Å². The number of nitrogens with one attached hydrogen (secondary N) is 1. The van der Waals surface area contributed by atoms with Crippen molar-refractivity contribution in [2.45, 2.75) is 32.7 Å². The molecule has 112 valence electrons. The second kappa shape index (κ2) is 7.71. The summed E-state index contributed by atoms with van der Waals surface area (Å²) in [5.74, 6) is -0.134. The van der Waals surface area contributed by atoms with Gasteiger partial charge in [-0.3, -0.25) is 0 Å². The van der Waals surface area contributed by atoms with Crippen LogP contribution in [0.5, 0.6) is 0 Å². The Bertz CT molecular complexity index is 598. The monoisotopic (exact) mass is 349 g/mol. The fraction of sp³-hybridized carbons (Fsp3) is 0.333. The summed E-state index contributed by atoms with van der Waals surface area (Å²) >= 11 is 3.50. The molecule has 0 spiro atoms. The zero-order chi connectivity index (χ0) is 15.2. The summed E-state index contributed by atoms with van der Waals surface area (Å²) in [5, 5.41) is 3.52. The molecule has 2 rings (SSSR count). The van der Waals surface area contributed by atoms with Gasteiger partial charge in [0, 0.05) is 10.5 Å². The molecule has 0 aliphatic heterocycles. The van der Waals surface area contributed by atoms with Gasteiger partial charge in [-0.05, 0) is 61.2 Å². The van der Waals surface area contributed by atoms with Crippen LogP contribution in [0.15, 0.2) is 46.9 Å². The number of rotatable bonds is 6. The lowest BCUT2D eigenvalue weighted by Crippen LogP contribution is -2.24. The molecule has 0 bridgehead atoms. The van der Waals surface area contributed by atoms with E-state index >= 15 is 0 Å². The predicted octanol–water partition coefficient (Wildman–Crippen LogP) is 5.18. The largest absolute Gasteiger partial charge is 0.310 e. The summed E-state index contributed by atoms with van der Waals surface area (Å²) in [7, 11) is 0. The van der Waals surface area contributed by atoms with Crippen LogP contribution in [-0.2, 0) is 6.42 Å². The Morgan fingerprint density at radius 3 is 2.67 bits per heavy atom. The van der Waals surface area contributed by atoms with E-state index in [1.807, 2.05) is 24.3 Å². The lowest BCUT2D eigenvalue weighted by Gasteiger charge is -2.20. The molecule has 1 nitrogen and oxygen atoms in total. The Kier molecular flexibility index (Phi) is 5.95. The lowest BCUT2D eigenvalue weighted by molar-refractivity contribution is 0.523. The van der Waals surface area contributed by atoms with Crippen molar-refractivity contribution in [3.05, 3.63) is 69.4 Å². The standard InChI is InChI=1S/C18H21BrFN/c1-3-9-21-18(11-14-5-4-6-16(19)10-14)15-8-7-13(2)17(20)12-15/h4-8,10,12,18,21H,3,9,11H2,1-2H3. The van der Waals surface area contributed by atoms with Crippen molar-refractivity contribution in [1.82, 2.24) is 5.32 Å². The summed E-state index contributed by atoms with van der Waals surface area (Å²) in [6.45, 7) is 4.86. The second-order valence-corrected chi connectivity index (χ2v) is 6.27. The molecule has 0 fully saturated rings. The third-order valence-corrected chi connectivity index (χ3v) is 4.06. The van der Waals surface area contributed by atoms with Crippen LogP contribution in [0.4, 0.5) is 4.39 Å². The van der Waals surface area contributed by atoms with Crippen LogP contribution in [0.25, 0.3) is 0 Å². The maximum atomic E-state index is 13.8. The summed E-state index contributed by atoms with van der Waals surface area (Å²) in [4.78, 5) is 0. The number of aryl methyl sites for hydroxylation is 1. The van der Waals surface area contributed by atoms with Gasteiger partial charge < -0.3 is 5.32 Å². The number of benzene rings is 2. The quantitative estimate of drug-likeness (QED) is 0.757. The summed E-state index contributed by atoms with van der Waals surface area (Å²) in [5.41, 5.74) is 2.93. The number of hydrogen-bond donors (Lipinski definition) is 1. The van der Waals surface area contributed by atoms with Gasteiger partial charge in [0.2, 0.25) is 0 Å². The molecule has 0 aromatic heterocycles. The Balaban J connectivity index is 2.22. The first-order valence-electron chi connectivity index (χ1n) is 7.34. The van der Waals surface area contributed by atoms with Gasteiger partial charge in [-0.2, -0.15) is 0 Å². The molecule has 0 saturated heterocycles. The van der Waals surface area contributed by atoms with Gasteiger partial charge in [-0.15, -0.1) is 0 Å². The van der Waals surface area contributed by atoms with Crippen molar-refractivity contribution >= 4 is 15.9 Å². The van der Waals surface area contributed by atoms with Crippen LogP contribution in [0.1, 0.15) is 36.1 Å². The van der Waals surface area contributed by atoms with E-state index in [9.17, 15) is 4.39 Å². The highest BCUT2D eigenvalue weighted by molar-refractivity contribution is 9.10. The minimum absolute atomic E-state index is 0.134. The van der Waals surface area contributed by atoms with Crippen molar-refractivity contribution < 1.29 is 4.39 Å². The van der Waals surface area contributed by atoms with Crippen LogP contribution in [-0.4, -0.2) is 6.54 Å². The molecule has 1 N–H and O–H groups in total. The van der Waals surface area contributed by atoms with Crippen molar-refractivity contribution in [2.75, 3.05) is 6.54 Å². The van der Waals surface area contributed by atoms with E-state index in [1.165, 1.54) is 5.56 Å². The molecule has 1 unspecified atom stereocenters. The van der Waals surface area contributed by atoms with E-state index in [2.05, 4.69) is 40.3 Å². The van der Waals surface area contributed by atoms with Crippen molar-refractivity contribution in [1.29, 1.82) is 0 Å². The topological polar surface area (TPSA) is 12.0 Å². The molecule has 2 aromatic rings. The predicted molar refractivity (Wildman–Crippen MR) is 90.0 cm³/mol. The Labute approximate surface area is 134 Å². The summed E-state index contributed by atoms with van der Waals surface area (Å²) in [6, 6.07) is 13.9. The maximum Gasteiger partial charge on any atom is 0.126 e. The molecule has 1 atom stereocenters. The molecule has 0 heterocycles. The normalized spacial score (nSPS) is 12.4. The minimum atomic E-state index is -0.134. The Morgan fingerprint density at radius 1 is 1.19 bits per heavy atom. The molecule has 21 heavy (non-hydrogen) atoms. The molecular weight excluding hydrogens is 329 g/mol. The van der Waals surface area contributed by atoms with Gasteiger partial charge in [0.1, 0.15) is 5.82 Å². The van der Waals surface area contributed by atoms with Crippen molar-refractivity contribution in [3.63, 3.8) is 0 Å². The minimum Gasteiger partial charge on any atom is -0.310 e. The fourth-order valence-electron chi connectivity index (χ4n) is 2.35. The van der Waals surface area contributed by atoms with Crippen molar-refractivity contribution in [2.24, 2.45) is 0 Å². The molecule has 2 aromatic carbocycles. The lowest BCUT2D eigenvalue weighted by atomic mass is 9.97. The first kappa shape index (κ1) is 16.2. The summed E-state index contributed by atoms with van der Waals surface area (Å²) < 4.78 is 14.9. The van der Waals surface area contributed by atoms with E-state index < -0.39 is 0 Å². The molecule has 0 amide bonds. The molecular formula is C18H21BrFN. The second-order valence-electron chi connectivity index (χ2n) is 5.35. The van der Waals surface area contributed by atoms with E-state index in [0.717, 1.165) is 29.4 Å². The van der Waals surface area contributed by atoms with Gasteiger partial charge >= 0.3 is 0 Å². The van der Waals surface area contributed by atoms with Crippen LogP contribution in [0, 0.1) is 12.7 Å². The molecule has 0 radical (unpaired) electrons. The third-order valence-electron chi connectivity index (χ3n) is 3.57. The molecule has 3 heteroatoms. The van der Waals surface area contributed by atoms with Gasteiger partial charge in [0.25, 0.3) is 0 Å². The average Bonchev–Trinajstić information content (AvgIpc) is 2.46. The highest BCUT2D eigenvalue weighted by Crippen LogP contribution is 2.22. The van der Waals surface area contributed by atoms with Crippen LogP contribution >= 0.6 is 15.9 Å². The number of halogens is 2.